The molecule has 0 aliphatic carbocycles. The molecule has 0 spiro atoms. The maximum Gasteiger partial charge on any atom is 0.339 e. The maximum atomic E-state index is 10.7. The first-order valence-corrected chi connectivity index (χ1v) is 3.69. The summed E-state index contributed by atoms with van der Waals surface area (Å²) in [6.07, 6.45) is 5.44. The summed E-state index contributed by atoms with van der Waals surface area (Å²) in [6, 6.07) is 0. The van der Waals surface area contributed by atoms with Crippen LogP contribution in [-0.4, -0.2) is 21.0 Å². The Morgan fingerprint density at radius 2 is 2.58 bits per heavy atom. The van der Waals surface area contributed by atoms with Gasteiger partial charge in [-0.3, -0.25) is 0 Å². The van der Waals surface area contributed by atoms with Gasteiger partial charge in [0, 0.05) is 12.4 Å². The SMILES string of the molecule is CC/C=C(\C(=O)O)c1ncc[nH]1. The van der Waals surface area contributed by atoms with E-state index in [0.717, 1.165) is 0 Å². The summed E-state index contributed by atoms with van der Waals surface area (Å²) in [4.78, 5) is 17.3. The predicted octanol–water partition coefficient (Wildman–Crippen LogP) is 1.29. The Balaban J connectivity index is 2.96. The number of rotatable bonds is 3. The van der Waals surface area contributed by atoms with Gasteiger partial charge < -0.3 is 10.1 Å². The molecule has 0 fully saturated rings. The second-order valence-corrected chi connectivity index (χ2v) is 2.27. The van der Waals surface area contributed by atoms with Gasteiger partial charge in [0.05, 0.1) is 5.57 Å². The Morgan fingerprint density at radius 1 is 1.83 bits per heavy atom. The number of carboxylic acid groups (broad SMARTS) is 1. The molecule has 4 nitrogen and oxygen atoms in total. The second-order valence-electron chi connectivity index (χ2n) is 2.27. The summed E-state index contributed by atoms with van der Waals surface area (Å²) in [7, 11) is 0. The van der Waals surface area contributed by atoms with Crippen LogP contribution in [-0.2, 0) is 4.79 Å². The Labute approximate surface area is 70.0 Å². The van der Waals surface area contributed by atoms with Crippen LogP contribution < -0.4 is 0 Å². The number of allylic oxidation sites excluding steroid dienone is 1. The van der Waals surface area contributed by atoms with E-state index in [1.54, 1.807) is 12.3 Å². The van der Waals surface area contributed by atoms with Gasteiger partial charge in [0.25, 0.3) is 0 Å². The molecular weight excluding hydrogens is 156 g/mol. The fraction of sp³-hybridized carbons (Fsp3) is 0.250. The molecule has 1 rings (SSSR count). The number of hydrogen-bond acceptors (Lipinski definition) is 2. The van der Waals surface area contributed by atoms with E-state index in [9.17, 15) is 4.79 Å². The first kappa shape index (κ1) is 8.52. The lowest BCUT2D eigenvalue weighted by Gasteiger charge is -1.95. The van der Waals surface area contributed by atoms with Gasteiger partial charge in [-0.25, -0.2) is 9.78 Å². The molecule has 0 aromatic carbocycles. The minimum absolute atomic E-state index is 0.225. The third-order valence-corrected chi connectivity index (χ3v) is 1.39. The highest BCUT2D eigenvalue weighted by atomic mass is 16.4. The fourth-order valence-corrected chi connectivity index (χ4v) is 0.902. The molecule has 0 aliphatic heterocycles. The lowest BCUT2D eigenvalue weighted by molar-refractivity contribution is -0.130. The second kappa shape index (κ2) is 3.71. The van der Waals surface area contributed by atoms with Crippen molar-refractivity contribution >= 4 is 11.5 Å². The number of carboxylic acids is 1. The molecular formula is C8H10N2O2. The van der Waals surface area contributed by atoms with Crippen LogP contribution in [0.2, 0.25) is 0 Å². The molecule has 64 valence electrons. The summed E-state index contributed by atoms with van der Waals surface area (Å²) in [5.74, 6) is -0.545. The van der Waals surface area contributed by atoms with Crippen LogP contribution in [0, 0.1) is 0 Å². The number of imidazole rings is 1. The van der Waals surface area contributed by atoms with Gasteiger partial charge in [0.15, 0.2) is 0 Å². The first-order chi connectivity index (χ1) is 5.75. The molecule has 0 bridgehead atoms. The van der Waals surface area contributed by atoms with E-state index in [4.69, 9.17) is 5.11 Å². The lowest BCUT2D eigenvalue weighted by atomic mass is 10.2. The van der Waals surface area contributed by atoms with E-state index < -0.39 is 5.97 Å². The van der Waals surface area contributed by atoms with Gasteiger partial charge in [0.2, 0.25) is 0 Å². The molecule has 1 aromatic heterocycles. The fourth-order valence-electron chi connectivity index (χ4n) is 0.902. The van der Waals surface area contributed by atoms with E-state index in [0.29, 0.717) is 12.2 Å². The van der Waals surface area contributed by atoms with E-state index >= 15 is 0 Å². The molecule has 0 aliphatic rings. The van der Waals surface area contributed by atoms with Gasteiger partial charge in [-0.05, 0) is 6.42 Å². The predicted molar refractivity (Wildman–Crippen MR) is 44.5 cm³/mol. The molecule has 1 heterocycles. The first-order valence-electron chi connectivity index (χ1n) is 3.69. The molecule has 4 heteroatoms. The van der Waals surface area contributed by atoms with Crippen molar-refractivity contribution in [2.45, 2.75) is 13.3 Å². The minimum atomic E-state index is -0.952. The molecule has 0 atom stereocenters. The average molecular weight is 166 g/mol. The van der Waals surface area contributed by atoms with Crippen LogP contribution in [0.15, 0.2) is 18.5 Å². The van der Waals surface area contributed by atoms with Crippen molar-refractivity contribution in [2.75, 3.05) is 0 Å². The van der Waals surface area contributed by atoms with Crippen molar-refractivity contribution in [1.29, 1.82) is 0 Å². The van der Waals surface area contributed by atoms with Gasteiger partial charge in [0.1, 0.15) is 5.82 Å². The topological polar surface area (TPSA) is 66.0 Å². The molecule has 0 radical (unpaired) electrons. The van der Waals surface area contributed by atoms with Gasteiger partial charge in [-0.15, -0.1) is 0 Å². The number of nitrogens with one attached hydrogen (secondary N) is 1. The zero-order chi connectivity index (χ0) is 8.97. The van der Waals surface area contributed by atoms with E-state index in [2.05, 4.69) is 9.97 Å². The van der Waals surface area contributed by atoms with Crippen molar-refractivity contribution in [2.24, 2.45) is 0 Å². The standard InChI is InChI=1S/C8H10N2O2/c1-2-3-6(8(11)12)7-9-4-5-10-7/h3-5H,2H2,1H3,(H,9,10)(H,11,12)/b6-3-. The van der Waals surface area contributed by atoms with E-state index in [1.165, 1.54) is 6.20 Å². The molecule has 0 saturated carbocycles. The molecule has 0 unspecified atom stereocenters. The lowest BCUT2D eigenvalue weighted by Crippen LogP contribution is -2.01. The highest BCUT2D eigenvalue weighted by Gasteiger charge is 2.10. The Bertz CT molecular complexity index is 288. The summed E-state index contributed by atoms with van der Waals surface area (Å²) in [6.45, 7) is 1.88. The van der Waals surface area contributed by atoms with Crippen LogP contribution in [0.3, 0.4) is 0 Å². The quantitative estimate of drug-likeness (QED) is 0.665. The summed E-state index contributed by atoms with van der Waals surface area (Å²) < 4.78 is 0. The number of aromatic amines is 1. The highest BCUT2D eigenvalue weighted by molar-refractivity contribution is 6.13. The third kappa shape index (κ3) is 1.72. The molecule has 2 N–H and O–H groups in total. The highest BCUT2D eigenvalue weighted by Crippen LogP contribution is 2.09. The Hall–Kier alpha value is -1.58. The van der Waals surface area contributed by atoms with Crippen molar-refractivity contribution in [3.8, 4) is 0 Å². The molecule has 12 heavy (non-hydrogen) atoms. The number of aromatic nitrogens is 2. The van der Waals surface area contributed by atoms with Crippen LogP contribution in [0.4, 0.5) is 0 Å². The number of carbonyl (C=O) groups is 1. The van der Waals surface area contributed by atoms with Crippen molar-refractivity contribution in [3.63, 3.8) is 0 Å². The van der Waals surface area contributed by atoms with Crippen LogP contribution in [0.5, 0.6) is 0 Å². The van der Waals surface area contributed by atoms with Gasteiger partial charge >= 0.3 is 5.97 Å². The smallest absolute Gasteiger partial charge is 0.339 e. The summed E-state index contributed by atoms with van der Waals surface area (Å²) in [5.41, 5.74) is 0.225. The van der Waals surface area contributed by atoms with E-state index in [-0.39, 0.29) is 5.57 Å². The largest absolute Gasteiger partial charge is 0.478 e. The summed E-state index contributed by atoms with van der Waals surface area (Å²) >= 11 is 0. The minimum Gasteiger partial charge on any atom is -0.478 e. The molecule has 1 aromatic rings. The Morgan fingerprint density at radius 3 is 3.00 bits per heavy atom. The number of nitrogens with zero attached hydrogens (tertiary/aromatic N) is 1. The van der Waals surface area contributed by atoms with Crippen molar-refractivity contribution in [3.05, 3.63) is 24.3 Å². The third-order valence-electron chi connectivity index (χ3n) is 1.39. The maximum absolute atomic E-state index is 10.7. The molecule has 0 amide bonds. The molecule has 0 saturated heterocycles. The number of H-pyrrole nitrogens is 1. The average Bonchev–Trinajstić information content (AvgIpc) is 2.51. The summed E-state index contributed by atoms with van der Waals surface area (Å²) in [5, 5.41) is 8.75. The van der Waals surface area contributed by atoms with Crippen molar-refractivity contribution < 1.29 is 9.90 Å². The van der Waals surface area contributed by atoms with Crippen LogP contribution in [0.25, 0.3) is 5.57 Å². The Kier molecular flexibility index (Phi) is 2.63. The number of hydrogen-bond donors (Lipinski definition) is 2. The van der Waals surface area contributed by atoms with Gasteiger partial charge in [-0.1, -0.05) is 13.0 Å². The van der Waals surface area contributed by atoms with E-state index in [1.807, 2.05) is 6.92 Å². The van der Waals surface area contributed by atoms with Crippen LogP contribution in [0.1, 0.15) is 19.2 Å². The monoisotopic (exact) mass is 166 g/mol. The van der Waals surface area contributed by atoms with Crippen LogP contribution >= 0.6 is 0 Å². The zero-order valence-electron chi connectivity index (χ0n) is 6.74. The van der Waals surface area contributed by atoms with Crippen molar-refractivity contribution in [1.82, 2.24) is 9.97 Å². The normalized spacial score (nSPS) is 11.6. The zero-order valence-corrected chi connectivity index (χ0v) is 6.74. The number of aliphatic carboxylic acids is 1. The van der Waals surface area contributed by atoms with Gasteiger partial charge in [-0.2, -0.15) is 0 Å².